The molecule has 4 aromatic rings. The predicted molar refractivity (Wildman–Crippen MR) is 133 cm³/mol. The van der Waals surface area contributed by atoms with Crippen LogP contribution in [0, 0.1) is 0 Å². The molecule has 0 fully saturated rings. The lowest BCUT2D eigenvalue weighted by atomic mass is 9.98. The zero-order valence-electron chi connectivity index (χ0n) is 17.8. The first-order valence-corrected chi connectivity index (χ1v) is 10.4. The van der Waals surface area contributed by atoms with Crippen LogP contribution in [0.2, 0.25) is 0 Å². The second-order valence-corrected chi connectivity index (χ2v) is 7.40. The topological polar surface area (TPSA) is 76.6 Å². The smallest absolute Gasteiger partial charge is 0.151 e. The first-order chi connectivity index (χ1) is 16.3. The zero-order valence-corrected chi connectivity index (χ0v) is 17.8. The standard InChI is InChI=1S/C27H21N5O/c1-29-17-19(10-12-28)21-14-22(20-11-13-30-31-18-20)16-23(15-21)32-24-6-2-4-8-26(24)33-27-9-5-3-7-25(27)32/h2-18H,1,28H2/b12-10-,19-17+. The summed E-state index contributed by atoms with van der Waals surface area (Å²) >= 11 is 0. The van der Waals surface area contributed by atoms with Gasteiger partial charge in [-0.05, 0) is 78.7 Å². The van der Waals surface area contributed by atoms with E-state index in [4.69, 9.17) is 10.5 Å². The molecule has 0 radical (unpaired) electrons. The van der Waals surface area contributed by atoms with Gasteiger partial charge in [-0.1, -0.05) is 24.3 Å². The van der Waals surface area contributed by atoms with E-state index in [1.54, 1.807) is 18.6 Å². The van der Waals surface area contributed by atoms with E-state index < -0.39 is 0 Å². The van der Waals surface area contributed by atoms with Crippen LogP contribution in [0.4, 0.5) is 17.1 Å². The second-order valence-electron chi connectivity index (χ2n) is 7.40. The number of ether oxygens (including phenoxy) is 1. The summed E-state index contributed by atoms with van der Waals surface area (Å²) in [5, 5.41) is 7.98. The number of hydrogen-bond donors (Lipinski definition) is 1. The highest BCUT2D eigenvalue weighted by molar-refractivity contribution is 5.90. The molecule has 1 aliphatic heterocycles. The van der Waals surface area contributed by atoms with Crippen LogP contribution in [0.25, 0.3) is 16.7 Å². The summed E-state index contributed by atoms with van der Waals surface area (Å²) in [4.78, 5) is 6.17. The van der Waals surface area contributed by atoms with E-state index in [0.29, 0.717) is 0 Å². The fourth-order valence-electron chi connectivity index (χ4n) is 3.93. The van der Waals surface area contributed by atoms with Gasteiger partial charge in [-0.2, -0.15) is 10.2 Å². The number of nitrogens with two attached hydrogens (primary N) is 1. The van der Waals surface area contributed by atoms with E-state index in [0.717, 1.165) is 50.8 Å². The lowest BCUT2D eigenvalue weighted by Gasteiger charge is -2.33. The lowest BCUT2D eigenvalue weighted by molar-refractivity contribution is 0.477. The summed E-state index contributed by atoms with van der Waals surface area (Å²) in [6.07, 6.45) is 8.43. The molecule has 0 saturated heterocycles. The number of fused-ring (bicyclic) bond motifs is 2. The van der Waals surface area contributed by atoms with Crippen molar-refractivity contribution in [2.45, 2.75) is 0 Å². The third-order valence-electron chi connectivity index (χ3n) is 5.37. The zero-order chi connectivity index (χ0) is 22.6. The molecule has 0 saturated carbocycles. The van der Waals surface area contributed by atoms with Crippen molar-refractivity contribution >= 4 is 29.4 Å². The highest BCUT2D eigenvalue weighted by Crippen LogP contribution is 2.50. The van der Waals surface area contributed by atoms with Crippen molar-refractivity contribution in [1.82, 2.24) is 10.2 Å². The Labute approximate surface area is 192 Å². The van der Waals surface area contributed by atoms with Crippen LogP contribution in [0.5, 0.6) is 11.5 Å². The summed E-state index contributed by atoms with van der Waals surface area (Å²) in [7, 11) is 0. The SMILES string of the molecule is C=N/C=C(\C=C/N)c1cc(-c2ccnnc2)cc(N2c3ccccc3Oc3ccccc32)c1. The third-order valence-corrected chi connectivity index (χ3v) is 5.37. The van der Waals surface area contributed by atoms with Gasteiger partial charge < -0.3 is 15.4 Å². The van der Waals surface area contributed by atoms with E-state index in [1.807, 2.05) is 60.7 Å². The molecular formula is C27H21N5O. The molecule has 0 spiro atoms. The average molecular weight is 431 g/mol. The number of aromatic nitrogens is 2. The first-order valence-electron chi connectivity index (χ1n) is 10.4. The molecule has 1 aromatic heterocycles. The normalized spacial score (nSPS) is 12.7. The van der Waals surface area contributed by atoms with Gasteiger partial charge in [0.15, 0.2) is 11.5 Å². The number of allylic oxidation sites excluding steroid dienone is 2. The van der Waals surface area contributed by atoms with Gasteiger partial charge in [-0.3, -0.25) is 4.99 Å². The van der Waals surface area contributed by atoms with Crippen LogP contribution in [0.1, 0.15) is 5.56 Å². The minimum atomic E-state index is 0.791. The van der Waals surface area contributed by atoms with Crippen LogP contribution in [0.15, 0.2) is 109 Å². The molecule has 33 heavy (non-hydrogen) atoms. The molecule has 2 N–H and O–H groups in total. The van der Waals surface area contributed by atoms with Crippen molar-refractivity contribution in [3.8, 4) is 22.6 Å². The van der Waals surface area contributed by atoms with E-state index in [1.165, 1.54) is 6.20 Å². The lowest BCUT2D eigenvalue weighted by Crippen LogP contribution is -2.16. The number of para-hydroxylation sites is 4. The van der Waals surface area contributed by atoms with Crippen molar-refractivity contribution in [2.24, 2.45) is 10.7 Å². The monoisotopic (exact) mass is 431 g/mol. The number of rotatable bonds is 5. The summed E-state index contributed by atoms with van der Waals surface area (Å²) in [6, 6.07) is 24.2. The number of benzene rings is 3. The Balaban J connectivity index is 1.78. The molecule has 3 aromatic carbocycles. The highest BCUT2D eigenvalue weighted by atomic mass is 16.5. The number of anilines is 3. The number of nitrogens with zero attached hydrogens (tertiary/aromatic N) is 4. The summed E-state index contributed by atoms with van der Waals surface area (Å²) < 4.78 is 6.18. The molecule has 6 heteroatoms. The molecule has 160 valence electrons. The van der Waals surface area contributed by atoms with Crippen molar-refractivity contribution in [1.29, 1.82) is 0 Å². The predicted octanol–water partition coefficient (Wildman–Crippen LogP) is 6.23. The molecule has 1 aliphatic rings. The minimum Gasteiger partial charge on any atom is -0.453 e. The maximum atomic E-state index is 6.18. The molecular weight excluding hydrogens is 410 g/mol. The Kier molecular flexibility index (Phi) is 5.39. The highest BCUT2D eigenvalue weighted by Gasteiger charge is 2.26. The molecule has 2 heterocycles. The van der Waals surface area contributed by atoms with Gasteiger partial charge in [0, 0.05) is 23.0 Å². The Morgan fingerprint density at radius 1 is 0.909 bits per heavy atom. The maximum Gasteiger partial charge on any atom is 0.151 e. The van der Waals surface area contributed by atoms with Gasteiger partial charge >= 0.3 is 0 Å². The number of hydrogen-bond acceptors (Lipinski definition) is 6. The summed E-state index contributed by atoms with van der Waals surface area (Å²) in [5.41, 5.74) is 12.3. The largest absolute Gasteiger partial charge is 0.453 e. The quantitative estimate of drug-likeness (QED) is 0.264. The fourth-order valence-corrected chi connectivity index (χ4v) is 3.93. The number of aliphatic imine (C=N–C) groups is 1. The minimum absolute atomic E-state index is 0.791. The van der Waals surface area contributed by atoms with Gasteiger partial charge in [-0.25, -0.2) is 0 Å². The van der Waals surface area contributed by atoms with E-state index in [-0.39, 0.29) is 0 Å². The maximum absolute atomic E-state index is 6.18. The summed E-state index contributed by atoms with van der Waals surface area (Å²) in [6.45, 7) is 3.61. The van der Waals surface area contributed by atoms with E-state index in [2.05, 4.69) is 45.0 Å². The van der Waals surface area contributed by atoms with Crippen molar-refractivity contribution in [3.05, 3.63) is 109 Å². The molecule has 0 unspecified atom stereocenters. The average Bonchev–Trinajstić information content (AvgIpc) is 2.87. The molecule has 0 atom stereocenters. The molecule has 0 bridgehead atoms. The Hall–Kier alpha value is -4.71. The van der Waals surface area contributed by atoms with Crippen LogP contribution >= 0.6 is 0 Å². The second kappa shape index (κ2) is 8.80. The van der Waals surface area contributed by atoms with Crippen LogP contribution in [0.3, 0.4) is 0 Å². The van der Waals surface area contributed by atoms with Gasteiger partial charge in [-0.15, -0.1) is 0 Å². The molecule has 6 nitrogen and oxygen atoms in total. The third kappa shape index (κ3) is 3.85. The van der Waals surface area contributed by atoms with E-state index in [9.17, 15) is 0 Å². The van der Waals surface area contributed by atoms with Crippen molar-refractivity contribution in [2.75, 3.05) is 4.90 Å². The molecule has 5 rings (SSSR count). The first kappa shape index (κ1) is 20.2. The Bertz CT molecular complexity index is 1330. The van der Waals surface area contributed by atoms with E-state index >= 15 is 0 Å². The van der Waals surface area contributed by atoms with Crippen molar-refractivity contribution in [3.63, 3.8) is 0 Å². The van der Waals surface area contributed by atoms with Crippen molar-refractivity contribution < 1.29 is 4.74 Å². The van der Waals surface area contributed by atoms with Crippen LogP contribution < -0.4 is 15.4 Å². The van der Waals surface area contributed by atoms with Gasteiger partial charge in [0.2, 0.25) is 0 Å². The summed E-state index contributed by atoms with van der Waals surface area (Å²) in [5.74, 6) is 1.58. The Morgan fingerprint density at radius 2 is 1.64 bits per heavy atom. The van der Waals surface area contributed by atoms with Gasteiger partial charge in [0.05, 0.1) is 23.8 Å². The fraction of sp³-hybridized carbons (Fsp3) is 0. The molecule has 0 aliphatic carbocycles. The van der Waals surface area contributed by atoms with Gasteiger partial charge in [0.1, 0.15) is 0 Å². The molecule has 0 amide bonds. The van der Waals surface area contributed by atoms with Crippen LogP contribution in [-0.2, 0) is 0 Å². The van der Waals surface area contributed by atoms with Crippen LogP contribution in [-0.4, -0.2) is 16.9 Å². The van der Waals surface area contributed by atoms with Gasteiger partial charge in [0.25, 0.3) is 0 Å². The Morgan fingerprint density at radius 3 is 2.27 bits per heavy atom.